The van der Waals surface area contributed by atoms with Gasteiger partial charge in [0.1, 0.15) is 5.75 Å². The zero-order chi connectivity index (χ0) is 9.14. The smallest absolute Gasteiger partial charge is 0.115 e. The van der Waals surface area contributed by atoms with Gasteiger partial charge in [-0.25, -0.2) is 0 Å². The minimum Gasteiger partial charge on any atom is -0.508 e. The number of nitrogens with two attached hydrogens (primary N) is 1. The Balaban J connectivity index is 2.82. The molecule has 2 atom stereocenters. The van der Waals surface area contributed by atoms with Gasteiger partial charge in [-0.05, 0) is 24.6 Å². The zero-order valence-corrected chi connectivity index (χ0v) is 6.94. The number of rotatable bonds is 2. The Hall–Kier alpha value is -1.06. The van der Waals surface area contributed by atoms with Crippen LogP contribution in [0.4, 0.5) is 0 Å². The summed E-state index contributed by atoms with van der Waals surface area (Å²) in [7, 11) is 0. The first-order valence-corrected chi connectivity index (χ1v) is 3.84. The summed E-state index contributed by atoms with van der Waals surface area (Å²) in [6.45, 7) is 1.73. The van der Waals surface area contributed by atoms with Crippen molar-refractivity contribution in [1.82, 2.24) is 0 Å². The summed E-state index contributed by atoms with van der Waals surface area (Å²) in [6, 6.07) is 6.07. The van der Waals surface area contributed by atoms with Crippen molar-refractivity contribution >= 4 is 0 Å². The van der Waals surface area contributed by atoms with Crippen LogP contribution in [0.2, 0.25) is 0 Å². The van der Waals surface area contributed by atoms with Gasteiger partial charge in [-0.3, -0.25) is 0 Å². The average Bonchev–Trinajstić information content (AvgIpc) is 2.04. The maximum Gasteiger partial charge on any atom is 0.115 e. The fourth-order valence-electron chi connectivity index (χ4n) is 0.975. The fourth-order valence-corrected chi connectivity index (χ4v) is 0.975. The Labute approximate surface area is 71.5 Å². The van der Waals surface area contributed by atoms with E-state index in [1.54, 1.807) is 19.1 Å². The number of hydrogen-bond donors (Lipinski definition) is 3. The van der Waals surface area contributed by atoms with Crippen LogP contribution >= 0.6 is 0 Å². The lowest BCUT2D eigenvalue weighted by atomic mass is 10.0. The second kappa shape index (κ2) is 3.56. The predicted octanol–water partition coefficient (Wildman–Crippen LogP) is 0.773. The molecule has 0 aromatic heterocycles. The predicted molar refractivity (Wildman–Crippen MR) is 46.7 cm³/mol. The van der Waals surface area contributed by atoms with Gasteiger partial charge in [-0.1, -0.05) is 12.1 Å². The molecule has 1 aromatic carbocycles. The Kier molecular flexibility index (Phi) is 2.68. The zero-order valence-electron chi connectivity index (χ0n) is 6.94. The van der Waals surface area contributed by atoms with E-state index in [2.05, 4.69) is 0 Å². The van der Waals surface area contributed by atoms with Gasteiger partial charge in [-0.15, -0.1) is 0 Å². The summed E-state index contributed by atoms with van der Waals surface area (Å²) in [6.07, 6.45) is -0.661. The Morgan fingerprint density at radius 3 is 2.17 bits per heavy atom. The van der Waals surface area contributed by atoms with Gasteiger partial charge in [0.2, 0.25) is 0 Å². The standard InChI is InChI=1S/C9H13NO2/c1-6(10)9(12)7-2-4-8(11)5-3-7/h2-6,9,11-12H,10H2,1H3/t6-,9-/m1/s1. The van der Waals surface area contributed by atoms with E-state index in [0.717, 1.165) is 5.56 Å². The van der Waals surface area contributed by atoms with Crippen molar-refractivity contribution in [2.75, 3.05) is 0 Å². The van der Waals surface area contributed by atoms with Crippen molar-refractivity contribution in [3.63, 3.8) is 0 Å². The molecule has 0 bridgehead atoms. The molecule has 3 nitrogen and oxygen atoms in total. The molecule has 0 fully saturated rings. The summed E-state index contributed by atoms with van der Waals surface area (Å²) in [5, 5.41) is 18.4. The Morgan fingerprint density at radius 2 is 1.75 bits per heavy atom. The van der Waals surface area contributed by atoms with E-state index >= 15 is 0 Å². The second-order valence-electron chi connectivity index (χ2n) is 2.90. The van der Waals surface area contributed by atoms with Crippen LogP contribution in [0.5, 0.6) is 5.75 Å². The van der Waals surface area contributed by atoms with Crippen molar-refractivity contribution < 1.29 is 10.2 Å². The van der Waals surface area contributed by atoms with Gasteiger partial charge in [0.15, 0.2) is 0 Å². The monoisotopic (exact) mass is 167 g/mol. The van der Waals surface area contributed by atoms with Crippen LogP contribution < -0.4 is 5.73 Å². The van der Waals surface area contributed by atoms with Crippen LogP contribution in [0.1, 0.15) is 18.6 Å². The number of phenols is 1. The molecule has 0 amide bonds. The Morgan fingerprint density at radius 1 is 1.25 bits per heavy atom. The van der Waals surface area contributed by atoms with E-state index in [9.17, 15) is 5.11 Å². The molecule has 66 valence electrons. The SMILES string of the molecule is C[C@@H](N)[C@@H](O)c1ccc(O)cc1. The van der Waals surface area contributed by atoms with Crippen LogP contribution in [0, 0.1) is 0 Å². The number of aliphatic hydroxyl groups excluding tert-OH is 1. The first kappa shape index (κ1) is 9.03. The summed E-state index contributed by atoms with van der Waals surface area (Å²) < 4.78 is 0. The highest BCUT2D eigenvalue weighted by atomic mass is 16.3. The normalized spacial score (nSPS) is 15.6. The highest BCUT2D eigenvalue weighted by Gasteiger charge is 2.11. The van der Waals surface area contributed by atoms with E-state index in [0.29, 0.717) is 0 Å². The number of phenolic OH excluding ortho intramolecular Hbond substituents is 1. The van der Waals surface area contributed by atoms with Crippen molar-refractivity contribution in [2.45, 2.75) is 19.1 Å². The lowest BCUT2D eigenvalue weighted by Gasteiger charge is -2.14. The summed E-state index contributed by atoms with van der Waals surface area (Å²) in [4.78, 5) is 0. The topological polar surface area (TPSA) is 66.5 Å². The third kappa shape index (κ3) is 1.96. The molecule has 0 heterocycles. The molecule has 1 aromatic rings. The van der Waals surface area contributed by atoms with Crippen LogP contribution in [-0.2, 0) is 0 Å². The molecule has 12 heavy (non-hydrogen) atoms. The lowest BCUT2D eigenvalue weighted by Crippen LogP contribution is -2.24. The van der Waals surface area contributed by atoms with E-state index in [1.807, 2.05) is 0 Å². The number of aliphatic hydroxyl groups is 1. The van der Waals surface area contributed by atoms with Gasteiger partial charge in [0.25, 0.3) is 0 Å². The van der Waals surface area contributed by atoms with E-state index in [4.69, 9.17) is 10.8 Å². The fraction of sp³-hybridized carbons (Fsp3) is 0.333. The van der Waals surface area contributed by atoms with Crippen LogP contribution in [0.3, 0.4) is 0 Å². The molecule has 0 saturated carbocycles. The van der Waals surface area contributed by atoms with Gasteiger partial charge in [-0.2, -0.15) is 0 Å². The number of benzene rings is 1. The minimum absolute atomic E-state index is 0.190. The molecule has 4 N–H and O–H groups in total. The molecular weight excluding hydrogens is 154 g/mol. The molecule has 0 radical (unpaired) electrons. The summed E-state index contributed by atoms with van der Waals surface area (Å²) >= 11 is 0. The largest absolute Gasteiger partial charge is 0.508 e. The quantitative estimate of drug-likeness (QED) is 0.609. The first-order chi connectivity index (χ1) is 5.61. The molecule has 1 rings (SSSR count). The third-order valence-electron chi connectivity index (χ3n) is 1.73. The maximum absolute atomic E-state index is 9.48. The first-order valence-electron chi connectivity index (χ1n) is 3.84. The second-order valence-corrected chi connectivity index (χ2v) is 2.90. The van der Waals surface area contributed by atoms with Gasteiger partial charge >= 0.3 is 0 Å². The highest BCUT2D eigenvalue weighted by Crippen LogP contribution is 2.18. The maximum atomic E-state index is 9.48. The third-order valence-corrected chi connectivity index (χ3v) is 1.73. The van der Waals surface area contributed by atoms with Crippen molar-refractivity contribution in [1.29, 1.82) is 0 Å². The summed E-state index contributed by atoms with van der Waals surface area (Å²) in [5.41, 5.74) is 6.22. The molecule has 0 aliphatic rings. The molecule has 3 heteroatoms. The molecule has 0 saturated heterocycles. The van der Waals surface area contributed by atoms with Crippen LogP contribution in [0.25, 0.3) is 0 Å². The molecule has 0 aliphatic carbocycles. The van der Waals surface area contributed by atoms with Crippen LogP contribution in [0.15, 0.2) is 24.3 Å². The lowest BCUT2D eigenvalue weighted by molar-refractivity contribution is 0.153. The van der Waals surface area contributed by atoms with Gasteiger partial charge in [0, 0.05) is 6.04 Å². The molecular formula is C9H13NO2. The number of aromatic hydroxyl groups is 1. The Bertz CT molecular complexity index is 243. The minimum atomic E-state index is -0.661. The molecule has 0 spiro atoms. The number of hydrogen-bond acceptors (Lipinski definition) is 3. The van der Waals surface area contributed by atoms with Crippen molar-refractivity contribution in [2.24, 2.45) is 5.73 Å². The molecule has 0 unspecified atom stereocenters. The average molecular weight is 167 g/mol. The van der Waals surface area contributed by atoms with Crippen LogP contribution in [-0.4, -0.2) is 16.3 Å². The summed E-state index contributed by atoms with van der Waals surface area (Å²) in [5.74, 6) is 0.190. The van der Waals surface area contributed by atoms with E-state index in [-0.39, 0.29) is 11.8 Å². The van der Waals surface area contributed by atoms with Gasteiger partial charge in [0.05, 0.1) is 6.10 Å². The highest BCUT2D eigenvalue weighted by molar-refractivity contribution is 5.27. The van der Waals surface area contributed by atoms with Crippen molar-refractivity contribution in [3.05, 3.63) is 29.8 Å². The van der Waals surface area contributed by atoms with Crippen molar-refractivity contribution in [3.8, 4) is 5.75 Å². The van der Waals surface area contributed by atoms with Gasteiger partial charge < -0.3 is 15.9 Å². The van der Waals surface area contributed by atoms with E-state index < -0.39 is 6.10 Å². The molecule has 0 aliphatic heterocycles. The van der Waals surface area contributed by atoms with E-state index in [1.165, 1.54) is 12.1 Å².